The van der Waals surface area contributed by atoms with Crippen LogP contribution >= 0.6 is 0 Å². The minimum absolute atomic E-state index is 0.0867. The quantitative estimate of drug-likeness (QED) is 0.768. The first kappa shape index (κ1) is 17.9. The molecule has 0 aliphatic heterocycles. The fourth-order valence-corrected chi connectivity index (χ4v) is 2.60. The summed E-state index contributed by atoms with van der Waals surface area (Å²) in [6.07, 6.45) is 5.22. The van der Waals surface area contributed by atoms with Gasteiger partial charge >= 0.3 is 0 Å². The molecule has 0 aliphatic carbocycles. The van der Waals surface area contributed by atoms with Crippen molar-refractivity contribution in [2.75, 3.05) is 6.54 Å². The molecule has 1 aromatic heterocycles. The number of benzene rings is 1. The molecule has 24 heavy (non-hydrogen) atoms. The zero-order chi connectivity index (χ0) is 17.5. The van der Waals surface area contributed by atoms with E-state index in [1.807, 2.05) is 44.3 Å². The predicted octanol–water partition coefficient (Wildman–Crippen LogP) is 2.41. The molecule has 1 aromatic carbocycles. The summed E-state index contributed by atoms with van der Waals surface area (Å²) in [5.41, 5.74) is 3.05. The van der Waals surface area contributed by atoms with Gasteiger partial charge in [-0.25, -0.2) is 0 Å². The lowest BCUT2D eigenvalue weighted by Gasteiger charge is -2.19. The van der Waals surface area contributed by atoms with Crippen molar-refractivity contribution in [3.63, 3.8) is 0 Å². The fourth-order valence-electron chi connectivity index (χ4n) is 2.60. The molecule has 0 saturated heterocycles. The molecule has 2 unspecified atom stereocenters. The van der Waals surface area contributed by atoms with E-state index in [1.165, 1.54) is 6.08 Å². The summed E-state index contributed by atoms with van der Waals surface area (Å²) < 4.78 is 1.77. The smallest absolute Gasteiger partial charge is 0.244 e. The van der Waals surface area contributed by atoms with E-state index in [4.69, 9.17) is 0 Å². The van der Waals surface area contributed by atoms with E-state index in [0.717, 1.165) is 16.8 Å². The molecule has 1 heterocycles. The highest BCUT2D eigenvalue weighted by molar-refractivity contribution is 5.91. The first-order valence-corrected chi connectivity index (χ1v) is 8.15. The standard InChI is InChI=1S/C19H25N3O2/c1-14(23)11-18(16-7-5-4-6-8-16)12-20-19(24)10-9-17-13-21-22(3)15(17)2/h4-10,13-14,18,23H,11-12H2,1-3H3,(H,20,24)/b10-9+. The first-order valence-electron chi connectivity index (χ1n) is 8.15. The number of hydrogen-bond acceptors (Lipinski definition) is 3. The van der Waals surface area contributed by atoms with Crippen LogP contribution in [0.2, 0.25) is 0 Å². The molecule has 0 bridgehead atoms. The van der Waals surface area contributed by atoms with E-state index < -0.39 is 6.10 Å². The van der Waals surface area contributed by atoms with Crippen molar-refractivity contribution >= 4 is 12.0 Å². The highest BCUT2D eigenvalue weighted by Crippen LogP contribution is 2.20. The Morgan fingerprint density at radius 2 is 2.08 bits per heavy atom. The Bertz CT molecular complexity index is 690. The third kappa shape index (κ3) is 5.06. The Kier molecular flexibility index (Phi) is 6.32. The summed E-state index contributed by atoms with van der Waals surface area (Å²) in [5, 5.41) is 16.8. The molecule has 0 aliphatic rings. The van der Waals surface area contributed by atoms with Gasteiger partial charge in [-0.1, -0.05) is 30.3 Å². The predicted molar refractivity (Wildman–Crippen MR) is 95.5 cm³/mol. The van der Waals surface area contributed by atoms with Crippen LogP contribution in [0.5, 0.6) is 0 Å². The zero-order valence-corrected chi connectivity index (χ0v) is 14.4. The number of carbonyl (C=O) groups is 1. The summed E-state index contributed by atoms with van der Waals surface area (Å²) in [5.74, 6) is -0.0616. The number of aliphatic hydroxyl groups is 1. The Morgan fingerprint density at radius 1 is 1.38 bits per heavy atom. The Hall–Kier alpha value is -2.40. The second kappa shape index (κ2) is 8.45. The number of hydrogen-bond donors (Lipinski definition) is 2. The monoisotopic (exact) mass is 327 g/mol. The zero-order valence-electron chi connectivity index (χ0n) is 14.4. The molecule has 0 spiro atoms. The van der Waals surface area contributed by atoms with Gasteiger partial charge < -0.3 is 10.4 Å². The molecule has 128 valence electrons. The van der Waals surface area contributed by atoms with E-state index in [-0.39, 0.29) is 11.8 Å². The maximum Gasteiger partial charge on any atom is 0.244 e. The molecule has 1 amide bonds. The highest BCUT2D eigenvalue weighted by atomic mass is 16.3. The van der Waals surface area contributed by atoms with Crippen LogP contribution in [-0.4, -0.2) is 33.4 Å². The number of rotatable bonds is 7. The van der Waals surface area contributed by atoms with Gasteiger partial charge in [0.25, 0.3) is 0 Å². The first-order chi connectivity index (χ1) is 11.5. The van der Waals surface area contributed by atoms with Gasteiger partial charge in [0.2, 0.25) is 5.91 Å². The van der Waals surface area contributed by atoms with Crippen LogP contribution in [0, 0.1) is 6.92 Å². The third-order valence-corrected chi connectivity index (χ3v) is 4.11. The van der Waals surface area contributed by atoms with Gasteiger partial charge in [-0.05, 0) is 31.9 Å². The molecule has 0 radical (unpaired) electrons. The molecule has 0 fully saturated rings. The van der Waals surface area contributed by atoms with Gasteiger partial charge in [-0.15, -0.1) is 0 Å². The number of carbonyl (C=O) groups excluding carboxylic acids is 1. The van der Waals surface area contributed by atoms with Crippen molar-refractivity contribution in [2.45, 2.75) is 32.3 Å². The van der Waals surface area contributed by atoms with Gasteiger partial charge in [0.15, 0.2) is 0 Å². The number of aliphatic hydroxyl groups excluding tert-OH is 1. The minimum Gasteiger partial charge on any atom is -0.393 e. The van der Waals surface area contributed by atoms with E-state index in [0.29, 0.717) is 13.0 Å². The molecular formula is C19H25N3O2. The van der Waals surface area contributed by atoms with Gasteiger partial charge in [-0.3, -0.25) is 9.48 Å². The van der Waals surface area contributed by atoms with E-state index in [9.17, 15) is 9.90 Å². The average molecular weight is 327 g/mol. The maximum atomic E-state index is 12.1. The van der Waals surface area contributed by atoms with Crippen molar-refractivity contribution < 1.29 is 9.90 Å². The van der Waals surface area contributed by atoms with Crippen LogP contribution < -0.4 is 5.32 Å². The average Bonchev–Trinajstić information content (AvgIpc) is 2.89. The number of aromatic nitrogens is 2. The second-order valence-electron chi connectivity index (χ2n) is 6.08. The Labute approximate surface area is 143 Å². The number of nitrogens with zero attached hydrogens (tertiary/aromatic N) is 2. The van der Waals surface area contributed by atoms with Crippen molar-refractivity contribution in [1.29, 1.82) is 0 Å². The van der Waals surface area contributed by atoms with E-state index in [2.05, 4.69) is 10.4 Å². The lowest BCUT2D eigenvalue weighted by Crippen LogP contribution is -2.28. The molecular weight excluding hydrogens is 302 g/mol. The molecule has 5 nitrogen and oxygen atoms in total. The highest BCUT2D eigenvalue weighted by Gasteiger charge is 2.14. The normalized spacial score (nSPS) is 13.8. The molecule has 5 heteroatoms. The van der Waals surface area contributed by atoms with Crippen molar-refractivity contribution in [1.82, 2.24) is 15.1 Å². The lowest BCUT2D eigenvalue weighted by atomic mass is 9.93. The van der Waals surface area contributed by atoms with Crippen LogP contribution in [0.3, 0.4) is 0 Å². The second-order valence-corrected chi connectivity index (χ2v) is 6.08. The third-order valence-electron chi connectivity index (χ3n) is 4.11. The number of aryl methyl sites for hydroxylation is 1. The van der Waals surface area contributed by atoms with Crippen LogP contribution in [-0.2, 0) is 11.8 Å². The summed E-state index contributed by atoms with van der Waals surface area (Å²) >= 11 is 0. The minimum atomic E-state index is -0.416. The van der Waals surface area contributed by atoms with Crippen molar-refractivity contribution in [2.24, 2.45) is 7.05 Å². The van der Waals surface area contributed by atoms with E-state index in [1.54, 1.807) is 23.9 Å². The van der Waals surface area contributed by atoms with Crippen molar-refractivity contribution in [3.8, 4) is 0 Å². The Balaban J connectivity index is 1.96. The topological polar surface area (TPSA) is 67.2 Å². The maximum absolute atomic E-state index is 12.1. The van der Waals surface area contributed by atoms with Crippen LogP contribution in [0.25, 0.3) is 6.08 Å². The van der Waals surface area contributed by atoms with Gasteiger partial charge in [0.1, 0.15) is 0 Å². The molecule has 2 aromatic rings. The van der Waals surface area contributed by atoms with Gasteiger partial charge in [0.05, 0.1) is 12.3 Å². The summed E-state index contributed by atoms with van der Waals surface area (Å²) in [7, 11) is 1.87. The molecule has 2 rings (SSSR count). The fraction of sp³-hybridized carbons (Fsp3) is 0.368. The molecule has 2 atom stereocenters. The van der Waals surface area contributed by atoms with Gasteiger partial charge in [0, 0.05) is 36.8 Å². The summed E-state index contributed by atoms with van der Waals surface area (Å²) in [6, 6.07) is 9.94. The van der Waals surface area contributed by atoms with Crippen LogP contribution in [0.4, 0.5) is 0 Å². The lowest BCUT2D eigenvalue weighted by molar-refractivity contribution is -0.116. The van der Waals surface area contributed by atoms with Crippen molar-refractivity contribution in [3.05, 3.63) is 59.4 Å². The number of nitrogens with one attached hydrogen (secondary N) is 1. The SMILES string of the molecule is Cc1c(/C=C/C(=O)NCC(CC(C)O)c2ccccc2)cnn1C. The number of amides is 1. The van der Waals surface area contributed by atoms with Crippen LogP contribution in [0.1, 0.15) is 36.1 Å². The summed E-state index contributed by atoms with van der Waals surface area (Å²) in [4.78, 5) is 12.1. The summed E-state index contributed by atoms with van der Waals surface area (Å²) in [6.45, 7) is 4.21. The molecule has 0 saturated carbocycles. The molecule has 2 N–H and O–H groups in total. The van der Waals surface area contributed by atoms with Gasteiger partial charge in [-0.2, -0.15) is 5.10 Å². The van der Waals surface area contributed by atoms with Crippen LogP contribution in [0.15, 0.2) is 42.6 Å². The van der Waals surface area contributed by atoms with E-state index >= 15 is 0 Å². The Morgan fingerprint density at radius 3 is 2.67 bits per heavy atom. The largest absolute Gasteiger partial charge is 0.393 e.